The van der Waals surface area contributed by atoms with Crippen LogP contribution in [0.25, 0.3) is 21.6 Å². The van der Waals surface area contributed by atoms with Gasteiger partial charge in [-0.3, -0.25) is 0 Å². The van der Waals surface area contributed by atoms with Crippen LogP contribution in [-0.4, -0.2) is 34.2 Å². The molecule has 0 saturated carbocycles. The summed E-state index contributed by atoms with van der Waals surface area (Å²) in [5.74, 6) is 1.72. The number of aromatic nitrogens is 2. The number of phenols is 1. The number of nitrogens with two attached hydrogens (primary N) is 1. The molecule has 6 heteroatoms. The topological polar surface area (TPSA) is 75.3 Å². The number of nitrogens with zero attached hydrogens (tertiary/aromatic N) is 3. The van der Waals surface area contributed by atoms with Crippen molar-refractivity contribution < 1.29 is 5.11 Å². The largest absolute Gasteiger partial charge is 0.507 e. The molecule has 1 saturated heterocycles. The van der Waals surface area contributed by atoms with Gasteiger partial charge in [-0.1, -0.05) is 12.1 Å². The Morgan fingerprint density at radius 3 is 2.70 bits per heavy atom. The van der Waals surface area contributed by atoms with Crippen molar-refractivity contribution in [2.24, 2.45) is 5.73 Å². The summed E-state index contributed by atoms with van der Waals surface area (Å²) in [6, 6.07) is 9.48. The fourth-order valence-corrected chi connectivity index (χ4v) is 3.80. The summed E-state index contributed by atoms with van der Waals surface area (Å²) >= 11 is 1.66. The molecule has 0 radical (unpaired) electrons. The number of thiophene rings is 1. The molecule has 3 heterocycles. The molecule has 4 rings (SSSR count). The van der Waals surface area contributed by atoms with Crippen LogP contribution in [0, 0.1) is 0 Å². The van der Waals surface area contributed by atoms with Crippen LogP contribution in [0.2, 0.25) is 0 Å². The molecule has 1 aliphatic rings. The van der Waals surface area contributed by atoms with Crippen molar-refractivity contribution in [2.75, 3.05) is 18.0 Å². The summed E-state index contributed by atoms with van der Waals surface area (Å²) in [6.07, 6.45) is 1.95. The third-order valence-electron chi connectivity index (χ3n) is 4.27. The molecule has 1 aliphatic heterocycles. The van der Waals surface area contributed by atoms with E-state index in [-0.39, 0.29) is 11.8 Å². The van der Waals surface area contributed by atoms with Crippen LogP contribution in [0.15, 0.2) is 35.7 Å². The molecule has 2 aromatic heterocycles. The number of fused-ring (bicyclic) bond motifs is 1. The first-order chi connectivity index (χ1) is 11.2. The number of hydrogen-bond donors (Lipinski definition) is 2. The Morgan fingerprint density at radius 2 is 1.91 bits per heavy atom. The Kier molecular flexibility index (Phi) is 3.63. The van der Waals surface area contributed by atoms with Crippen LogP contribution in [-0.2, 0) is 0 Å². The molecular formula is C17H18N4OS. The minimum atomic E-state index is 0.202. The van der Waals surface area contributed by atoms with Crippen LogP contribution < -0.4 is 10.6 Å². The smallest absolute Gasteiger partial charge is 0.165 e. The zero-order chi connectivity index (χ0) is 15.8. The number of phenolic OH excluding ortho intramolecular Hbond substituents is 1. The van der Waals surface area contributed by atoms with Crippen LogP contribution in [0.5, 0.6) is 5.75 Å². The van der Waals surface area contributed by atoms with Gasteiger partial charge in [0.25, 0.3) is 0 Å². The molecule has 0 spiro atoms. The molecule has 1 fully saturated rings. The van der Waals surface area contributed by atoms with Gasteiger partial charge in [0.15, 0.2) is 11.6 Å². The van der Waals surface area contributed by atoms with Crippen LogP contribution in [0.1, 0.15) is 12.8 Å². The fraction of sp³-hybridized carbons (Fsp3) is 0.294. The van der Waals surface area contributed by atoms with E-state index in [9.17, 15) is 5.11 Å². The van der Waals surface area contributed by atoms with Gasteiger partial charge in [0.1, 0.15) is 5.75 Å². The van der Waals surface area contributed by atoms with E-state index in [1.54, 1.807) is 23.5 Å². The molecule has 3 N–H and O–H groups in total. The number of aromatic hydroxyl groups is 1. The van der Waals surface area contributed by atoms with E-state index >= 15 is 0 Å². The standard InChI is InChI=1S/C17H18N4OS/c18-11-5-8-21(9-6-11)17-15-13(7-10-23-15)19-16(20-17)12-3-1-2-4-14(12)22/h1-4,7,10-11,22H,5-6,8-9,18H2. The van der Waals surface area contributed by atoms with Crippen molar-refractivity contribution in [2.45, 2.75) is 18.9 Å². The van der Waals surface area contributed by atoms with Gasteiger partial charge in [-0.15, -0.1) is 11.3 Å². The predicted molar refractivity (Wildman–Crippen MR) is 93.9 cm³/mol. The summed E-state index contributed by atoms with van der Waals surface area (Å²) in [6.45, 7) is 1.82. The molecule has 3 aromatic rings. The van der Waals surface area contributed by atoms with Crippen molar-refractivity contribution in [3.05, 3.63) is 35.7 Å². The van der Waals surface area contributed by atoms with Crippen LogP contribution in [0.3, 0.4) is 0 Å². The number of para-hydroxylation sites is 1. The van der Waals surface area contributed by atoms with Gasteiger partial charge in [0, 0.05) is 19.1 Å². The lowest BCUT2D eigenvalue weighted by atomic mass is 10.1. The predicted octanol–water partition coefficient (Wildman–Crippen LogP) is 2.99. The monoisotopic (exact) mass is 326 g/mol. The van der Waals surface area contributed by atoms with Gasteiger partial charge >= 0.3 is 0 Å². The second-order valence-corrected chi connectivity index (χ2v) is 6.76. The summed E-state index contributed by atoms with van der Waals surface area (Å²) in [4.78, 5) is 11.7. The fourth-order valence-electron chi connectivity index (χ4n) is 2.96. The molecule has 0 amide bonds. The first kappa shape index (κ1) is 14.4. The summed E-state index contributed by atoms with van der Waals surface area (Å²) in [7, 11) is 0. The molecule has 0 unspecified atom stereocenters. The van der Waals surface area contributed by atoms with E-state index in [0.29, 0.717) is 11.4 Å². The summed E-state index contributed by atoms with van der Waals surface area (Å²) < 4.78 is 1.10. The summed E-state index contributed by atoms with van der Waals surface area (Å²) in [5, 5.41) is 12.1. The Morgan fingerprint density at radius 1 is 1.13 bits per heavy atom. The van der Waals surface area contributed by atoms with Gasteiger partial charge in [-0.05, 0) is 36.4 Å². The Bertz CT molecular complexity index is 839. The third kappa shape index (κ3) is 2.64. The van der Waals surface area contributed by atoms with Crippen molar-refractivity contribution >= 4 is 27.4 Å². The highest BCUT2D eigenvalue weighted by molar-refractivity contribution is 7.17. The van der Waals surface area contributed by atoms with Gasteiger partial charge < -0.3 is 15.7 Å². The maximum Gasteiger partial charge on any atom is 0.165 e. The highest BCUT2D eigenvalue weighted by Gasteiger charge is 2.21. The van der Waals surface area contributed by atoms with E-state index in [4.69, 9.17) is 10.7 Å². The van der Waals surface area contributed by atoms with E-state index < -0.39 is 0 Å². The van der Waals surface area contributed by atoms with Crippen molar-refractivity contribution in [1.29, 1.82) is 0 Å². The SMILES string of the molecule is NC1CCN(c2nc(-c3ccccc3O)nc3ccsc23)CC1. The highest BCUT2D eigenvalue weighted by atomic mass is 32.1. The molecule has 0 atom stereocenters. The third-order valence-corrected chi connectivity index (χ3v) is 5.17. The van der Waals surface area contributed by atoms with Crippen molar-refractivity contribution in [1.82, 2.24) is 9.97 Å². The van der Waals surface area contributed by atoms with Gasteiger partial charge in [0.2, 0.25) is 0 Å². The average Bonchev–Trinajstić information content (AvgIpc) is 3.04. The quantitative estimate of drug-likeness (QED) is 0.757. The Balaban J connectivity index is 1.83. The van der Waals surface area contributed by atoms with E-state index in [2.05, 4.69) is 9.88 Å². The highest BCUT2D eigenvalue weighted by Crippen LogP contribution is 2.34. The van der Waals surface area contributed by atoms with E-state index in [0.717, 1.165) is 42.0 Å². The normalized spacial score (nSPS) is 16.1. The zero-order valence-corrected chi connectivity index (χ0v) is 13.5. The lowest BCUT2D eigenvalue weighted by molar-refractivity contribution is 0.477. The van der Waals surface area contributed by atoms with E-state index in [1.165, 1.54) is 0 Å². The minimum absolute atomic E-state index is 0.202. The second-order valence-electron chi connectivity index (χ2n) is 5.85. The lowest BCUT2D eigenvalue weighted by Crippen LogP contribution is -2.40. The molecule has 0 bridgehead atoms. The summed E-state index contributed by atoms with van der Waals surface area (Å²) in [5.41, 5.74) is 7.61. The van der Waals surface area contributed by atoms with Crippen LogP contribution in [0.4, 0.5) is 5.82 Å². The molecule has 5 nitrogen and oxygen atoms in total. The number of piperidine rings is 1. The minimum Gasteiger partial charge on any atom is -0.507 e. The first-order valence-electron chi connectivity index (χ1n) is 7.76. The molecule has 23 heavy (non-hydrogen) atoms. The maximum absolute atomic E-state index is 10.1. The maximum atomic E-state index is 10.1. The number of hydrogen-bond acceptors (Lipinski definition) is 6. The molecule has 0 aliphatic carbocycles. The Hall–Kier alpha value is -2.18. The lowest BCUT2D eigenvalue weighted by Gasteiger charge is -2.31. The van der Waals surface area contributed by atoms with Crippen molar-refractivity contribution in [3.8, 4) is 17.1 Å². The molecule has 1 aromatic carbocycles. The van der Waals surface area contributed by atoms with Crippen molar-refractivity contribution in [3.63, 3.8) is 0 Å². The number of anilines is 1. The average molecular weight is 326 g/mol. The number of rotatable bonds is 2. The second kappa shape index (κ2) is 5.79. The first-order valence-corrected chi connectivity index (χ1v) is 8.64. The van der Waals surface area contributed by atoms with Crippen LogP contribution >= 0.6 is 11.3 Å². The van der Waals surface area contributed by atoms with Gasteiger partial charge in [0.05, 0.1) is 15.8 Å². The van der Waals surface area contributed by atoms with Gasteiger partial charge in [-0.25, -0.2) is 9.97 Å². The Labute approximate surface area is 138 Å². The molecule has 118 valence electrons. The zero-order valence-electron chi connectivity index (χ0n) is 12.6. The van der Waals surface area contributed by atoms with Gasteiger partial charge in [-0.2, -0.15) is 0 Å². The molecular weight excluding hydrogens is 308 g/mol. The number of benzene rings is 1. The van der Waals surface area contributed by atoms with E-state index in [1.807, 2.05) is 23.6 Å².